The predicted molar refractivity (Wildman–Crippen MR) is 72.0 cm³/mol. The van der Waals surface area contributed by atoms with E-state index in [1.165, 1.54) is 18.2 Å². The van der Waals surface area contributed by atoms with Gasteiger partial charge in [-0.25, -0.2) is 4.79 Å². The van der Waals surface area contributed by atoms with E-state index in [1.54, 1.807) is 0 Å². The summed E-state index contributed by atoms with van der Waals surface area (Å²) in [5.41, 5.74) is 0.692. The Bertz CT molecular complexity index is 531. The maximum absolute atomic E-state index is 10.9. The number of hydrogen-bond acceptors (Lipinski definition) is 4. The van der Waals surface area contributed by atoms with Gasteiger partial charge in [0, 0.05) is 17.7 Å². The molecule has 1 aliphatic rings. The van der Waals surface area contributed by atoms with Crippen LogP contribution in [-0.4, -0.2) is 16.2 Å². The second kappa shape index (κ2) is 5.48. The van der Waals surface area contributed by atoms with Crippen molar-refractivity contribution in [2.75, 3.05) is 0 Å². The van der Waals surface area contributed by atoms with Crippen molar-refractivity contribution in [3.05, 3.63) is 33.9 Å². The fraction of sp³-hybridized carbons (Fsp3) is 0.500. The van der Waals surface area contributed by atoms with E-state index in [4.69, 9.17) is 9.84 Å². The van der Waals surface area contributed by atoms with Gasteiger partial charge in [-0.1, -0.05) is 19.8 Å². The fourth-order valence-corrected chi connectivity index (χ4v) is 2.75. The van der Waals surface area contributed by atoms with Crippen molar-refractivity contribution in [3.8, 4) is 5.75 Å². The molecule has 20 heavy (non-hydrogen) atoms. The lowest BCUT2D eigenvalue weighted by molar-refractivity contribution is -0.384. The van der Waals surface area contributed by atoms with Crippen molar-refractivity contribution < 1.29 is 19.6 Å². The minimum atomic E-state index is -1.40. The first-order valence-electron chi connectivity index (χ1n) is 6.64. The van der Waals surface area contributed by atoms with E-state index in [1.807, 2.05) is 0 Å². The topological polar surface area (TPSA) is 89.7 Å². The molecule has 1 aromatic rings. The molecular formula is C14H17NO5. The van der Waals surface area contributed by atoms with Crippen LogP contribution in [0.2, 0.25) is 0 Å². The Balaban J connectivity index is 2.33. The molecule has 1 fully saturated rings. The minimum Gasteiger partial charge on any atom is -0.449 e. The predicted octanol–water partition coefficient (Wildman–Crippen LogP) is 3.77. The van der Waals surface area contributed by atoms with Crippen LogP contribution in [0, 0.1) is 15.5 Å². The smallest absolute Gasteiger partial charge is 0.449 e. The van der Waals surface area contributed by atoms with Crippen LogP contribution < -0.4 is 4.74 Å². The Morgan fingerprint density at radius 2 is 2.20 bits per heavy atom. The molecule has 0 aliphatic heterocycles. The van der Waals surface area contributed by atoms with Gasteiger partial charge in [-0.3, -0.25) is 10.1 Å². The molecule has 1 aromatic carbocycles. The highest BCUT2D eigenvalue weighted by Gasteiger charge is 2.36. The minimum absolute atomic E-state index is 0.0386. The lowest BCUT2D eigenvalue weighted by Crippen LogP contribution is -2.31. The number of nitro groups is 1. The molecule has 0 bridgehead atoms. The zero-order valence-electron chi connectivity index (χ0n) is 11.3. The molecule has 0 amide bonds. The molecule has 6 heteroatoms. The summed E-state index contributed by atoms with van der Waals surface area (Å²) in [6.07, 6.45) is 3.48. The van der Waals surface area contributed by atoms with E-state index in [0.29, 0.717) is 12.0 Å². The zero-order chi connectivity index (χ0) is 14.8. The van der Waals surface area contributed by atoms with Crippen LogP contribution in [0.15, 0.2) is 18.2 Å². The van der Waals surface area contributed by atoms with Crippen molar-refractivity contribution in [2.45, 2.75) is 39.0 Å². The summed E-state index contributed by atoms with van der Waals surface area (Å²) >= 11 is 0. The first kappa shape index (κ1) is 14.3. The van der Waals surface area contributed by atoms with Crippen molar-refractivity contribution in [1.29, 1.82) is 0 Å². The molecule has 0 aromatic heterocycles. The third-order valence-corrected chi connectivity index (χ3v) is 4.18. The maximum atomic E-state index is 10.9. The first-order chi connectivity index (χ1) is 9.46. The van der Waals surface area contributed by atoms with Crippen molar-refractivity contribution in [1.82, 2.24) is 0 Å². The van der Waals surface area contributed by atoms with Crippen LogP contribution in [0.1, 0.15) is 38.2 Å². The number of carbonyl (C=O) groups is 1. The first-order valence-corrected chi connectivity index (χ1v) is 6.64. The Morgan fingerprint density at radius 1 is 1.50 bits per heavy atom. The van der Waals surface area contributed by atoms with Crippen LogP contribution in [0.25, 0.3) is 0 Å². The van der Waals surface area contributed by atoms with Gasteiger partial charge in [0.2, 0.25) is 0 Å². The van der Waals surface area contributed by atoms with Crippen LogP contribution in [-0.2, 0) is 6.42 Å². The van der Waals surface area contributed by atoms with Gasteiger partial charge in [0.1, 0.15) is 5.75 Å². The van der Waals surface area contributed by atoms with Gasteiger partial charge in [-0.05, 0) is 30.7 Å². The SMILES string of the molecule is CCC1(Cc2cc([N+](=O)[O-])ccc2OC(=O)O)CCC1. The molecule has 1 aliphatic carbocycles. The Kier molecular flexibility index (Phi) is 3.92. The third-order valence-electron chi connectivity index (χ3n) is 4.18. The average molecular weight is 279 g/mol. The number of carboxylic acid groups (broad SMARTS) is 1. The lowest BCUT2D eigenvalue weighted by atomic mass is 9.64. The molecule has 0 saturated heterocycles. The third kappa shape index (κ3) is 2.89. The molecule has 1 N–H and O–H groups in total. The van der Waals surface area contributed by atoms with E-state index < -0.39 is 11.1 Å². The van der Waals surface area contributed by atoms with Gasteiger partial charge in [0.05, 0.1) is 4.92 Å². The van der Waals surface area contributed by atoms with Gasteiger partial charge in [0.15, 0.2) is 0 Å². The summed E-state index contributed by atoms with van der Waals surface area (Å²) in [5, 5.41) is 19.6. The Labute approximate surface area is 116 Å². The van der Waals surface area contributed by atoms with Crippen molar-refractivity contribution in [3.63, 3.8) is 0 Å². The van der Waals surface area contributed by atoms with Crippen LogP contribution in [0.5, 0.6) is 5.75 Å². The van der Waals surface area contributed by atoms with Crippen LogP contribution in [0.4, 0.5) is 10.5 Å². The second-order valence-corrected chi connectivity index (χ2v) is 5.30. The fourth-order valence-electron chi connectivity index (χ4n) is 2.75. The van der Waals surface area contributed by atoms with Gasteiger partial charge < -0.3 is 9.84 Å². The summed E-state index contributed by atoms with van der Waals surface area (Å²) in [6, 6.07) is 4.05. The average Bonchev–Trinajstić information content (AvgIpc) is 2.34. The summed E-state index contributed by atoms with van der Waals surface area (Å²) < 4.78 is 4.73. The van der Waals surface area contributed by atoms with E-state index in [0.717, 1.165) is 25.7 Å². The normalized spacial score (nSPS) is 16.2. The summed E-state index contributed by atoms with van der Waals surface area (Å²) in [7, 11) is 0. The molecular weight excluding hydrogens is 262 g/mol. The van der Waals surface area contributed by atoms with Crippen LogP contribution >= 0.6 is 0 Å². The van der Waals surface area contributed by atoms with Crippen molar-refractivity contribution >= 4 is 11.8 Å². The highest BCUT2D eigenvalue weighted by molar-refractivity contribution is 5.62. The summed E-state index contributed by atoms with van der Waals surface area (Å²) in [5.74, 6) is 0.197. The molecule has 0 unspecified atom stereocenters. The monoisotopic (exact) mass is 279 g/mol. The number of nitro benzene ring substituents is 1. The molecule has 6 nitrogen and oxygen atoms in total. The van der Waals surface area contributed by atoms with E-state index in [-0.39, 0.29) is 16.9 Å². The van der Waals surface area contributed by atoms with Crippen LogP contribution in [0.3, 0.4) is 0 Å². The molecule has 0 atom stereocenters. The molecule has 0 spiro atoms. The number of ether oxygens (including phenoxy) is 1. The molecule has 0 heterocycles. The lowest BCUT2D eigenvalue weighted by Gasteiger charge is -2.41. The van der Waals surface area contributed by atoms with E-state index in [9.17, 15) is 14.9 Å². The van der Waals surface area contributed by atoms with Gasteiger partial charge in [0.25, 0.3) is 5.69 Å². The number of nitrogens with zero attached hydrogens (tertiary/aromatic N) is 1. The zero-order valence-corrected chi connectivity index (χ0v) is 11.3. The number of rotatable bonds is 5. The Morgan fingerprint density at radius 3 is 2.65 bits per heavy atom. The molecule has 2 rings (SSSR count). The molecule has 1 saturated carbocycles. The summed E-state index contributed by atoms with van der Waals surface area (Å²) in [6.45, 7) is 2.09. The van der Waals surface area contributed by atoms with Gasteiger partial charge in [-0.2, -0.15) is 0 Å². The standard InChI is InChI=1S/C14H17NO5/c1-2-14(6-3-7-14)9-10-8-11(15(18)19)4-5-12(10)20-13(16)17/h4-5,8H,2-3,6-7,9H2,1H3,(H,16,17). The number of hydrogen-bond donors (Lipinski definition) is 1. The largest absolute Gasteiger partial charge is 0.511 e. The number of non-ortho nitro benzene ring substituents is 1. The quantitative estimate of drug-likeness (QED) is 0.383. The van der Waals surface area contributed by atoms with E-state index >= 15 is 0 Å². The number of benzene rings is 1. The highest BCUT2D eigenvalue weighted by atomic mass is 16.7. The van der Waals surface area contributed by atoms with Gasteiger partial charge in [-0.15, -0.1) is 0 Å². The molecule has 108 valence electrons. The van der Waals surface area contributed by atoms with Crippen molar-refractivity contribution in [2.24, 2.45) is 5.41 Å². The van der Waals surface area contributed by atoms with Gasteiger partial charge >= 0.3 is 6.16 Å². The second-order valence-electron chi connectivity index (χ2n) is 5.30. The highest BCUT2D eigenvalue weighted by Crippen LogP contribution is 2.47. The molecule has 0 radical (unpaired) electrons. The summed E-state index contributed by atoms with van der Waals surface area (Å²) in [4.78, 5) is 21.1. The van der Waals surface area contributed by atoms with E-state index in [2.05, 4.69) is 6.92 Å². The maximum Gasteiger partial charge on any atom is 0.511 e. The Hall–Kier alpha value is -2.11.